The molecule has 0 heterocycles. The second-order valence-corrected chi connectivity index (χ2v) is 9.77. The second kappa shape index (κ2) is 15.6. The summed E-state index contributed by atoms with van der Waals surface area (Å²) in [4.78, 5) is 50.0. The van der Waals surface area contributed by atoms with E-state index in [2.05, 4.69) is 0 Å². The van der Waals surface area contributed by atoms with Crippen LogP contribution in [-0.2, 0) is 30.2 Å². The zero-order valence-electron chi connectivity index (χ0n) is 24.3. The van der Waals surface area contributed by atoms with Crippen LogP contribution in [0.3, 0.4) is 0 Å². The number of ether oxygens (including phenoxy) is 6. The monoisotopic (exact) mass is 573 g/mol. The molecule has 224 valence electrons. The van der Waals surface area contributed by atoms with Gasteiger partial charge >= 0.3 is 24.2 Å². The number of benzene rings is 2. The van der Waals surface area contributed by atoms with Crippen molar-refractivity contribution < 1.29 is 47.6 Å². The van der Waals surface area contributed by atoms with Gasteiger partial charge in [-0.05, 0) is 63.4 Å². The van der Waals surface area contributed by atoms with Gasteiger partial charge in [0.25, 0.3) is 0 Å². The van der Waals surface area contributed by atoms with Crippen molar-refractivity contribution >= 4 is 24.2 Å². The number of carbonyl (C=O) groups is 4. The molecular formula is C30H39NO10. The lowest BCUT2D eigenvalue weighted by Gasteiger charge is -2.29. The Kier molecular flexibility index (Phi) is 12.6. The summed E-state index contributed by atoms with van der Waals surface area (Å²) in [6, 6.07) is 12.7. The van der Waals surface area contributed by atoms with Gasteiger partial charge in [0.2, 0.25) is 0 Å². The van der Waals surface area contributed by atoms with Crippen molar-refractivity contribution in [3.63, 3.8) is 0 Å². The molecule has 11 nitrogen and oxygen atoms in total. The van der Waals surface area contributed by atoms with E-state index < -0.39 is 48.1 Å². The van der Waals surface area contributed by atoms with Crippen molar-refractivity contribution in [3.8, 4) is 11.5 Å². The predicted molar refractivity (Wildman–Crippen MR) is 149 cm³/mol. The van der Waals surface area contributed by atoms with Gasteiger partial charge in [0.05, 0.1) is 12.7 Å². The Bertz CT molecular complexity index is 1190. The van der Waals surface area contributed by atoms with Gasteiger partial charge in [-0.3, -0.25) is 4.79 Å². The van der Waals surface area contributed by atoms with E-state index in [1.54, 1.807) is 57.2 Å². The molecule has 2 aromatic carbocycles. The number of methoxy groups -OCH3 is 1. The molecular weight excluding hydrogens is 534 g/mol. The largest absolute Gasteiger partial charge is 0.514 e. The third kappa shape index (κ3) is 10.4. The van der Waals surface area contributed by atoms with Gasteiger partial charge in [0.15, 0.2) is 11.5 Å². The minimum atomic E-state index is -1.63. The summed E-state index contributed by atoms with van der Waals surface area (Å²) in [7, 11) is 1.20. The fourth-order valence-electron chi connectivity index (χ4n) is 3.72. The smallest absolute Gasteiger partial charge is 0.468 e. The van der Waals surface area contributed by atoms with E-state index in [1.165, 1.54) is 19.2 Å². The van der Waals surface area contributed by atoms with Crippen LogP contribution in [0, 0.1) is 0 Å². The van der Waals surface area contributed by atoms with Crippen LogP contribution in [0.5, 0.6) is 11.5 Å². The van der Waals surface area contributed by atoms with Crippen molar-refractivity contribution in [1.29, 1.82) is 0 Å². The van der Waals surface area contributed by atoms with E-state index >= 15 is 0 Å². The summed E-state index contributed by atoms with van der Waals surface area (Å²) in [6.45, 7) is 8.70. The Hall–Kier alpha value is -4.12. The van der Waals surface area contributed by atoms with E-state index in [0.29, 0.717) is 24.0 Å². The lowest BCUT2D eigenvalue weighted by molar-refractivity contribution is -0.148. The van der Waals surface area contributed by atoms with E-state index in [0.717, 1.165) is 0 Å². The van der Waals surface area contributed by atoms with E-state index in [-0.39, 0.29) is 24.3 Å². The zero-order valence-corrected chi connectivity index (χ0v) is 24.3. The molecule has 0 saturated carbocycles. The number of hydrogen-bond donors (Lipinski definition) is 1. The Labute approximate surface area is 240 Å². The summed E-state index contributed by atoms with van der Waals surface area (Å²) in [5.41, 5.74) is 5.69. The first-order chi connectivity index (χ1) is 19.4. The topological polar surface area (TPSA) is 150 Å². The molecule has 0 radical (unpaired) electrons. The quantitative estimate of drug-likeness (QED) is 0.187. The zero-order chi connectivity index (χ0) is 30.6. The van der Waals surface area contributed by atoms with E-state index in [4.69, 9.17) is 34.2 Å². The van der Waals surface area contributed by atoms with Crippen LogP contribution in [0.2, 0.25) is 0 Å². The second-order valence-electron chi connectivity index (χ2n) is 9.77. The maximum absolute atomic E-state index is 12.8. The molecule has 4 atom stereocenters. The Morgan fingerprint density at radius 3 is 1.88 bits per heavy atom. The highest BCUT2D eigenvalue weighted by Gasteiger charge is 2.38. The molecule has 3 unspecified atom stereocenters. The molecule has 0 spiro atoms. The molecule has 11 heteroatoms. The van der Waals surface area contributed by atoms with Crippen molar-refractivity contribution in [3.05, 3.63) is 59.7 Å². The lowest BCUT2D eigenvalue weighted by atomic mass is 9.86. The maximum Gasteiger partial charge on any atom is 0.514 e. The van der Waals surface area contributed by atoms with Crippen molar-refractivity contribution in [1.82, 2.24) is 0 Å². The van der Waals surface area contributed by atoms with Gasteiger partial charge in [0, 0.05) is 12.8 Å². The van der Waals surface area contributed by atoms with Gasteiger partial charge in [0.1, 0.15) is 23.9 Å². The molecule has 41 heavy (non-hydrogen) atoms. The molecule has 2 N–H and O–H groups in total. The van der Waals surface area contributed by atoms with Crippen LogP contribution in [0.1, 0.15) is 69.8 Å². The summed E-state index contributed by atoms with van der Waals surface area (Å²) in [5.74, 6) is -1.55. The van der Waals surface area contributed by atoms with Crippen molar-refractivity contribution in [2.75, 3.05) is 7.11 Å². The maximum atomic E-state index is 12.8. The van der Waals surface area contributed by atoms with Gasteiger partial charge in [-0.15, -0.1) is 0 Å². The minimum Gasteiger partial charge on any atom is -0.468 e. The highest BCUT2D eigenvalue weighted by molar-refractivity contribution is 5.89. The van der Waals surface area contributed by atoms with E-state index in [1.807, 2.05) is 13.8 Å². The number of rotatable bonds is 13. The van der Waals surface area contributed by atoms with Crippen LogP contribution in [-0.4, -0.2) is 55.2 Å². The molecule has 2 rings (SSSR count). The SMILES string of the molecule is CCC(C)OC(=O)Oc1ccc(CC(N)(C[C@H](C)OC(=O)c2ccccc2)C(=O)OC)cc1OC(=O)OC(C)CC. The fourth-order valence-corrected chi connectivity index (χ4v) is 3.72. The summed E-state index contributed by atoms with van der Waals surface area (Å²) >= 11 is 0. The van der Waals surface area contributed by atoms with Crippen molar-refractivity contribution in [2.24, 2.45) is 5.73 Å². The van der Waals surface area contributed by atoms with Gasteiger partial charge in [-0.25, -0.2) is 14.4 Å². The molecule has 0 aromatic heterocycles. The summed E-state index contributed by atoms with van der Waals surface area (Å²) < 4.78 is 31.4. The number of hydrogen-bond acceptors (Lipinski definition) is 11. The van der Waals surface area contributed by atoms with Gasteiger partial charge in [-0.1, -0.05) is 38.1 Å². The van der Waals surface area contributed by atoms with Crippen LogP contribution in [0.25, 0.3) is 0 Å². The molecule has 0 aliphatic heterocycles. The first-order valence-electron chi connectivity index (χ1n) is 13.4. The molecule has 0 aliphatic carbocycles. The number of carbonyl (C=O) groups excluding carboxylic acids is 4. The normalized spacial score (nSPS) is 14.4. The van der Waals surface area contributed by atoms with E-state index in [9.17, 15) is 19.2 Å². The summed E-state index contributed by atoms with van der Waals surface area (Å²) in [6.07, 6.45) is -2.60. The number of esters is 2. The average molecular weight is 574 g/mol. The first-order valence-corrected chi connectivity index (χ1v) is 13.4. The minimum absolute atomic E-state index is 0.0794. The third-order valence-corrected chi connectivity index (χ3v) is 6.22. The van der Waals surface area contributed by atoms with Crippen LogP contribution < -0.4 is 15.2 Å². The number of nitrogens with two attached hydrogens (primary N) is 1. The Morgan fingerprint density at radius 1 is 0.780 bits per heavy atom. The Balaban J connectivity index is 2.31. The standard InChI is InChI=1S/C30H39NO10/c1-7-19(3)38-28(34)40-24-15-14-22(16-25(24)41-29(35)39-20(4)8-2)18-30(31,27(33)36-6)17-21(5)37-26(32)23-12-10-9-11-13-23/h9-16,19-21H,7-8,17-18,31H2,1-6H3/t19?,20?,21-,30?/m0/s1. The van der Waals surface area contributed by atoms with Crippen LogP contribution >= 0.6 is 0 Å². The Morgan fingerprint density at radius 2 is 1.34 bits per heavy atom. The van der Waals surface area contributed by atoms with Gasteiger partial charge in [-0.2, -0.15) is 0 Å². The van der Waals surface area contributed by atoms with Crippen LogP contribution in [0.15, 0.2) is 48.5 Å². The molecule has 0 saturated heterocycles. The van der Waals surface area contributed by atoms with Crippen molar-refractivity contribution in [2.45, 2.75) is 84.2 Å². The van der Waals surface area contributed by atoms with Gasteiger partial charge < -0.3 is 34.2 Å². The molecule has 2 aromatic rings. The molecule has 0 bridgehead atoms. The molecule has 0 amide bonds. The van der Waals surface area contributed by atoms with Crippen LogP contribution in [0.4, 0.5) is 9.59 Å². The molecule has 0 fully saturated rings. The average Bonchev–Trinajstić information content (AvgIpc) is 2.93. The fraction of sp³-hybridized carbons (Fsp3) is 0.467. The predicted octanol–water partition coefficient (Wildman–Crippen LogP) is 5.36. The summed E-state index contributed by atoms with van der Waals surface area (Å²) in [5, 5.41) is 0. The first kappa shape index (κ1) is 33.1. The third-order valence-electron chi connectivity index (χ3n) is 6.22. The lowest BCUT2D eigenvalue weighted by Crippen LogP contribution is -2.53. The highest BCUT2D eigenvalue weighted by atomic mass is 16.7. The molecule has 0 aliphatic rings. The highest BCUT2D eigenvalue weighted by Crippen LogP contribution is 2.32.